The molecule has 1 unspecified atom stereocenters. The fourth-order valence-corrected chi connectivity index (χ4v) is 2.42. The second kappa shape index (κ2) is 8.95. The zero-order valence-electron chi connectivity index (χ0n) is 12.9. The molecule has 1 heterocycles. The van der Waals surface area contributed by atoms with Gasteiger partial charge in [-0.25, -0.2) is 0 Å². The fraction of sp³-hybridized carbons (Fsp3) is 0.867. The normalized spacial score (nSPS) is 17.9. The summed E-state index contributed by atoms with van der Waals surface area (Å²) in [7, 11) is 0. The third-order valence-electron chi connectivity index (χ3n) is 4.01. The molecule has 0 aliphatic carbocycles. The second-order valence-corrected chi connectivity index (χ2v) is 5.67. The largest absolute Gasteiger partial charge is 0.356 e. The first kappa shape index (κ1) is 17.0. The number of piperidine rings is 1. The molecule has 1 rings (SSSR count). The maximum Gasteiger partial charge on any atom is 0.224 e. The minimum absolute atomic E-state index is 0.0439. The van der Waals surface area contributed by atoms with E-state index in [-0.39, 0.29) is 23.8 Å². The monoisotopic (exact) mass is 283 g/mol. The van der Waals surface area contributed by atoms with Crippen molar-refractivity contribution in [1.29, 1.82) is 0 Å². The standard InChI is InChI=1S/C15H29N3O2/c1-3-5-8-17-15(20)12-6-9-18(10-7-12)14(19)11-13(16)4-2/h12-13H,3-11,16H2,1-2H3,(H,17,20). The molecule has 1 saturated heterocycles. The Kier molecular flexibility index (Phi) is 7.59. The van der Waals surface area contributed by atoms with Crippen molar-refractivity contribution < 1.29 is 9.59 Å². The molecule has 1 fully saturated rings. The molecule has 1 aliphatic heterocycles. The Morgan fingerprint density at radius 2 is 1.95 bits per heavy atom. The van der Waals surface area contributed by atoms with Crippen molar-refractivity contribution in [2.75, 3.05) is 19.6 Å². The van der Waals surface area contributed by atoms with Crippen LogP contribution in [-0.2, 0) is 9.59 Å². The summed E-state index contributed by atoms with van der Waals surface area (Å²) in [6, 6.07) is -0.0439. The molecule has 1 atom stereocenters. The Hall–Kier alpha value is -1.10. The van der Waals surface area contributed by atoms with E-state index in [0.717, 1.165) is 38.6 Å². The predicted octanol–water partition coefficient (Wildman–Crippen LogP) is 1.27. The molecule has 0 aromatic carbocycles. The number of hydrogen-bond donors (Lipinski definition) is 2. The Morgan fingerprint density at radius 3 is 2.50 bits per heavy atom. The van der Waals surface area contributed by atoms with Crippen LogP contribution < -0.4 is 11.1 Å². The van der Waals surface area contributed by atoms with E-state index in [9.17, 15) is 9.59 Å². The molecule has 5 nitrogen and oxygen atoms in total. The first-order valence-corrected chi connectivity index (χ1v) is 7.89. The van der Waals surface area contributed by atoms with Crippen molar-refractivity contribution in [2.24, 2.45) is 11.7 Å². The molecule has 1 aliphatic rings. The van der Waals surface area contributed by atoms with Crippen LogP contribution in [0, 0.1) is 5.92 Å². The maximum absolute atomic E-state index is 12.0. The average Bonchev–Trinajstić information content (AvgIpc) is 2.47. The number of amides is 2. The Morgan fingerprint density at radius 1 is 1.30 bits per heavy atom. The zero-order chi connectivity index (χ0) is 15.0. The van der Waals surface area contributed by atoms with Crippen molar-refractivity contribution in [1.82, 2.24) is 10.2 Å². The lowest BCUT2D eigenvalue weighted by atomic mass is 9.95. The van der Waals surface area contributed by atoms with Crippen molar-refractivity contribution >= 4 is 11.8 Å². The van der Waals surface area contributed by atoms with Crippen LogP contribution in [-0.4, -0.2) is 42.4 Å². The molecule has 0 spiro atoms. The molecule has 5 heteroatoms. The smallest absolute Gasteiger partial charge is 0.224 e. The average molecular weight is 283 g/mol. The molecule has 0 saturated carbocycles. The van der Waals surface area contributed by atoms with Crippen LogP contribution in [0.25, 0.3) is 0 Å². The molecule has 0 aromatic heterocycles. The van der Waals surface area contributed by atoms with Gasteiger partial charge in [0.05, 0.1) is 0 Å². The van der Waals surface area contributed by atoms with Crippen molar-refractivity contribution in [2.45, 2.75) is 58.4 Å². The number of nitrogens with zero attached hydrogens (tertiary/aromatic N) is 1. The summed E-state index contributed by atoms with van der Waals surface area (Å²) in [5.41, 5.74) is 5.81. The molecule has 0 radical (unpaired) electrons. The number of rotatable bonds is 7. The maximum atomic E-state index is 12.0. The van der Waals surface area contributed by atoms with E-state index in [1.807, 2.05) is 11.8 Å². The van der Waals surface area contributed by atoms with Gasteiger partial charge in [0.15, 0.2) is 0 Å². The van der Waals surface area contributed by atoms with Crippen LogP contribution in [0.2, 0.25) is 0 Å². The molecule has 0 bridgehead atoms. The van der Waals surface area contributed by atoms with Gasteiger partial charge < -0.3 is 16.0 Å². The highest BCUT2D eigenvalue weighted by Gasteiger charge is 2.27. The highest BCUT2D eigenvalue weighted by molar-refractivity contribution is 5.80. The summed E-state index contributed by atoms with van der Waals surface area (Å²) in [6.45, 7) is 6.23. The van der Waals surface area contributed by atoms with Gasteiger partial charge in [-0.3, -0.25) is 9.59 Å². The molecule has 2 amide bonds. The third kappa shape index (κ3) is 5.49. The van der Waals surface area contributed by atoms with Gasteiger partial charge in [-0.2, -0.15) is 0 Å². The summed E-state index contributed by atoms with van der Waals surface area (Å²) < 4.78 is 0. The van der Waals surface area contributed by atoms with Crippen LogP contribution in [0.4, 0.5) is 0 Å². The van der Waals surface area contributed by atoms with E-state index >= 15 is 0 Å². The van der Waals surface area contributed by atoms with Gasteiger partial charge in [0.1, 0.15) is 0 Å². The summed E-state index contributed by atoms with van der Waals surface area (Å²) in [5.74, 6) is 0.343. The van der Waals surface area contributed by atoms with Crippen molar-refractivity contribution in [3.8, 4) is 0 Å². The molecule has 0 aromatic rings. The van der Waals surface area contributed by atoms with Crippen LogP contribution in [0.1, 0.15) is 52.4 Å². The number of carbonyl (C=O) groups excluding carboxylic acids is 2. The molecule has 3 N–H and O–H groups in total. The SMILES string of the molecule is CCCCNC(=O)C1CCN(C(=O)CC(N)CC)CC1. The second-order valence-electron chi connectivity index (χ2n) is 5.67. The summed E-state index contributed by atoms with van der Waals surface area (Å²) in [5, 5.41) is 2.98. The van der Waals surface area contributed by atoms with Gasteiger partial charge in [-0.15, -0.1) is 0 Å². The minimum Gasteiger partial charge on any atom is -0.356 e. The van der Waals surface area contributed by atoms with Gasteiger partial charge in [0, 0.05) is 38.0 Å². The lowest BCUT2D eigenvalue weighted by molar-refractivity contribution is -0.135. The lowest BCUT2D eigenvalue weighted by Crippen LogP contribution is -2.44. The topological polar surface area (TPSA) is 75.4 Å². The van der Waals surface area contributed by atoms with E-state index in [0.29, 0.717) is 19.5 Å². The summed E-state index contributed by atoms with van der Waals surface area (Å²) in [4.78, 5) is 25.8. The van der Waals surface area contributed by atoms with Gasteiger partial charge in [0.2, 0.25) is 11.8 Å². The van der Waals surface area contributed by atoms with Crippen LogP contribution >= 0.6 is 0 Å². The number of unbranched alkanes of at least 4 members (excludes halogenated alkanes) is 1. The number of nitrogens with one attached hydrogen (secondary N) is 1. The van der Waals surface area contributed by atoms with E-state index in [1.54, 1.807) is 0 Å². The van der Waals surface area contributed by atoms with Gasteiger partial charge in [0.25, 0.3) is 0 Å². The number of likely N-dealkylation sites (tertiary alicyclic amines) is 1. The first-order chi connectivity index (χ1) is 9.58. The van der Waals surface area contributed by atoms with E-state index in [1.165, 1.54) is 0 Å². The van der Waals surface area contributed by atoms with Crippen molar-refractivity contribution in [3.05, 3.63) is 0 Å². The predicted molar refractivity (Wildman–Crippen MR) is 80.1 cm³/mol. The zero-order valence-corrected chi connectivity index (χ0v) is 12.9. The lowest BCUT2D eigenvalue weighted by Gasteiger charge is -2.32. The van der Waals surface area contributed by atoms with E-state index < -0.39 is 0 Å². The first-order valence-electron chi connectivity index (χ1n) is 7.89. The molecular formula is C15H29N3O2. The quantitative estimate of drug-likeness (QED) is 0.691. The Bertz CT molecular complexity index is 312. The third-order valence-corrected chi connectivity index (χ3v) is 4.01. The fourth-order valence-electron chi connectivity index (χ4n) is 2.42. The number of hydrogen-bond acceptors (Lipinski definition) is 3. The molecular weight excluding hydrogens is 254 g/mol. The van der Waals surface area contributed by atoms with Crippen LogP contribution in [0.5, 0.6) is 0 Å². The van der Waals surface area contributed by atoms with Gasteiger partial charge in [-0.05, 0) is 25.7 Å². The minimum atomic E-state index is -0.0439. The number of carbonyl (C=O) groups is 2. The van der Waals surface area contributed by atoms with Gasteiger partial charge >= 0.3 is 0 Å². The van der Waals surface area contributed by atoms with E-state index in [4.69, 9.17) is 5.73 Å². The van der Waals surface area contributed by atoms with Crippen molar-refractivity contribution in [3.63, 3.8) is 0 Å². The van der Waals surface area contributed by atoms with E-state index in [2.05, 4.69) is 12.2 Å². The number of nitrogens with two attached hydrogens (primary N) is 1. The Labute approximate surface area is 122 Å². The highest BCUT2D eigenvalue weighted by atomic mass is 16.2. The van der Waals surface area contributed by atoms with Gasteiger partial charge in [-0.1, -0.05) is 20.3 Å². The summed E-state index contributed by atoms with van der Waals surface area (Å²) in [6.07, 6.45) is 4.89. The molecule has 20 heavy (non-hydrogen) atoms. The van der Waals surface area contributed by atoms with Crippen LogP contribution in [0.15, 0.2) is 0 Å². The summed E-state index contributed by atoms with van der Waals surface area (Å²) >= 11 is 0. The molecule has 116 valence electrons. The highest BCUT2D eigenvalue weighted by Crippen LogP contribution is 2.18. The van der Waals surface area contributed by atoms with Crippen LogP contribution in [0.3, 0.4) is 0 Å². The Balaban J connectivity index is 2.28.